The van der Waals surface area contributed by atoms with E-state index in [4.69, 9.17) is 4.42 Å². The Bertz CT molecular complexity index is 727. The van der Waals surface area contributed by atoms with Crippen molar-refractivity contribution in [2.24, 2.45) is 0 Å². The van der Waals surface area contributed by atoms with Gasteiger partial charge in [-0.25, -0.2) is 4.98 Å². The van der Waals surface area contributed by atoms with Crippen molar-refractivity contribution in [3.05, 3.63) is 47.9 Å². The Labute approximate surface area is 126 Å². The van der Waals surface area contributed by atoms with Crippen molar-refractivity contribution < 1.29 is 9.21 Å². The van der Waals surface area contributed by atoms with Gasteiger partial charge in [0.25, 0.3) is 0 Å². The molecule has 0 fully saturated rings. The minimum absolute atomic E-state index is 0.0384. The molecule has 0 atom stereocenters. The molecule has 0 aliphatic carbocycles. The maximum atomic E-state index is 12.0. The summed E-state index contributed by atoms with van der Waals surface area (Å²) in [5.74, 6) is 1.77. The number of nitrogens with one attached hydrogen (secondary N) is 1. The van der Waals surface area contributed by atoms with Crippen molar-refractivity contribution in [1.82, 2.24) is 4.98 Å². The van der Waals surface area contributed by atoms with Gasteiger partial charge < -0.3 is 9.73 Å². The third-order valence-corrected chi connectivity index (χ3v) is 4.16. The number of carbonyl (C=O) groups is 1. The molecule has 3 aromatic rings. The molecular formula is C16H16N2O2S. The Morgan fingerprint density at radius 1 is 1.24 bits per heavy atom. The second-order valence-corrected chi connectivity index (χ2v) is 5.79. The number of thiazole rings is 1. The Kier molecular flexibility index (Phi) is 4.01. The van der Waals surface area contributed by atoms with E-state index in [1.54, 1.807) is 0 Å². The molecule has 0 aliphatic rings. The zero-order chi connectivity index (χ0) is 14.7. The minimum Gasteiger partial charge on any atom is -0.466 e. The third kappa shape index (κ3) is 3.31. The van der Waals surface area contributed by atoms with Gasteiger partial charge in [0, 0.05) is 19.3 Å². The summed E-state index contributed by atoms with van der Waals surface area (Å²) in [6.07, 6.45) is 1.88. The molecule has 1 aromatic carbocycles. The number of rotatable bonds is 5. The van der Waals surface area contributed by atoms with Crippen LogP contribution in [0.1, 0.15) is 24.9 Å². The number of aryl methyl sites for hydroxylation is 2. The standard InChI is InChI=1S/C16H16N2O2S/c1-2-11-7-8-12(20-11)9-10-15(19)18-16-17-13-5-3-4-6-14(13)21-16/h3-8H,2,9-10H2,1H3,(H,17,18,19). The highest BCUT2D eigenvalue weighted by atomic mass is 32.1. The number of furan rings is 1. The highest BCUT2D eigenvalue weighted by Gasteiger charge is 2.09. The van der Waals surface area contributed by atoms with Crippen LogP contribution in [0.15, 0.2) is 40.8 Å². The zero-order valence-electron chi connectivity index (χ0n) is 11.8. The first-order valence-electron chi connectivity index (χ1n) is 6.97. The summed E-state index contributed by atoms with van der Waals surface area (Å²) in [5.41, 5.74) is 0.913. The monoisotopic (exact) mass is 300 g/mol. The van der Waals surface area contributed by atoms with Crippen LogP contribution in [0.3, 0.4) is 0 Å². The SMILES string of the molecule is CCc1ccc(CCC(=O)Nc2nc3ccccc3s2)o1. The van der Waals surface area contributed by atoms with E-state index in [0.29, 0.717) is 18.0 Å². The van der Waals surface area contributed by atoms with E-state index in [1.165, 1.54) is 11.3 Å². The molecule has 1 amide bonds. The molecule has 3 rings (SSSR count). The van der Waals surface area contributed by atoms with Crippen LogP contribution in [-0.2, 0) is 17.6 Å². The fraction of sp³-hybridized carbons (Fsp3) is 0.250. The summed E-state index contributed by atoms with van der Waals surface area (Å²) in [7, 11) is 0. The molecule has 0 saturated heterocycles. The number of hydrogen-bond acceptors (Lipinski definition) is 4. The molecule has 4 nitrogen and oxygen atoms in total. The molecule has 0 spiro atoms. The van der Waals surface area contributed by atoms with Gasteiger partial charge in [-0.05, 0) is 24.3 Å². The summed E-state index contributed by atoms with van der Waals surface area (Å²) in [6, 6.07) is 11.7. The average Bonchev–Trinajstić information content (AvgIpc) is 3.10. The Morgan fingerprint density at radius 2 is 2.05 bits per heavy atom. The number of benzene rings is 1. The summed E-state index contributed by atoms with van der Waals surface area (Å²) >= 11 is 1.49. The second-order valence-electron chi connectivity index (χ2n) is 4.76. The van der Waals surface area contributed by atoms with Crippen LogP contribution in [-0.4, -0.2) is 10.9 Å². The highest BCUT2D eigenvalue weighted by Crippen LogP contribution is 2.25. The topological polar surface area (TPSA) is 55.1 Å². The van der Waals surface area contributed by atoms with Crippen molar-refractivity contribution in [3.8, 4) is 0 Å². The van der Waals surface area contributed by atoms with Gasteiger partial charge in [-0.3, -0.25) is 4.79 Å². The molecule has 21 heavy (non-hydrogen) atoms. The van der Waals surface area contributed by atoms with E-state index in [2.05, 4.69) is 10.3 Å². The van der Waals surface area contributed by atoms with Crippen LogP contribution in [0.5, 0.6) is 0 Å². The Hall–Kier alpha value is -2.14. The molecule has 108 valence electrons. The van der Waals surface area contributed by atoms with Crippen molar-refractivity contribution in [3.63, 3.8) is 0 Å². The molecule has 2 heterocycles. The maximum Gasteiger partial charge on any atom is 0.226 e. The zero-order valence-corrected chi connectivity index (χ0v) is 12.6. The van der Waals surface area contributed by atoms with Crippen LogP contribution < -0.4 is 5.32 Å². The fourth-order valence-corrected chi connectivity index (χ4v) is 2.97. The van der Waals surface area contributed by atoms with Crippen LogP contribution in [0.4, 0.5) is 5.13 Å². The number of aromatic nitrogens is 1. The number of nitrogens with zero attached hydrogens (tertiary/aromatic N) is 1. The van der Waals surface area contributed by atoms with Crippen LogP contribution in [0.25, 0.3) is 10.2 Å². The number of anilines is 1. The van der Waals surface area contributed by atoms with E-state index in [9.17, 15) is 4.79 Å². The predicted molar refractivity (Wildman–Crippen MR) is 84.7 cm³/mol. The van der Waals surface area contributed by atoms with Crippen molar-refractivity contribution in [1.29, 1.82) is 0 Å². The fourth-order valence-electron chi connectivity index (χ4n) is 2.09. The maximum absolute atomic E-state index is 12.0. The number of fused-ring (bicyclic) bond motifs is 1. The normalized spacial score (nSPS) is 10.9. The minimum atomic E-state index is -0.0384. The summed E-state index contributed by atoms with van der Waals surface area (Å²) in [5, 5.41) is 3.50. The van der Waals surface area contributed by atoms with E-state index in [-0.39, 0.29) is 5.91 Å². The van der Waals surface area contributed by atoms with Gasteiger partial charge in [0.05, 0.1) is 10.2 Å². The third-order valence-electron chi connectivity index (χ3n) is 3.20. The Balaban J connectivity index is 1.58. The number of hydrogen-bond donors (Lipinski definition) is 1. The quantitative estimate of drug-likeness (QED) is 0.774. The lowest BCUT2D eigenvalue weighted by molar-refractivity contribution is -0.116. The molecule has 0 radical (unpaired) electrons. The Morgan fingerprint density at radius 3 is 2.81 bits per heavy atom. The number of para-hydroxylation sites is 1. The van der Waals surface area contributed by atoms with Crippen molar-refractivity contribution in [2.75, 3.05) is 5.32 Å². The van der Waals surface area contributed by atoms with Gasteiger partial charge in [0.1, 0.15) is 11.5 Å². The summed E-state index contributed by atoms with van der Waals surface area (Å²) in [4.78, 5) is 16.3. The van der Waals surface area contributed by atoms with Gasteiger partial charge in [0.15, 0.2) is 5.13 Å². The molecule has 0 unspecified atom stereocenters. The van der Waals surface area contributed by atoms with Gasteiger partial charge >= 0.3 is 0 Å². The van der Waals surface area contributed by atoms with Crippen molar-refractivity contribution >= 4 is 32.6 Å². The van der Waals surface area contributed by atoms with Gasteiger partial charge in [0.2, 0.25) is 5.91 Å². The lowest BCUT2D eigenvalue weighted by Crippen LogP contribution is -2.11. The van der Waals surface area contributed by atoms with Crippen LogP contribution >= 0.6 is 11.3 Å². The van der Waals surface area contributed by atoms with Crippen molar-refractivity contribution in [2.45, 2.75) is 26.2 Å². The first-order valence-corrected chi connectivity index (χ1v) is 7.79. The average molecular weight is 300 g/mol. The molecular weight excluding hydrogens is 284 g/mol. The predicted octanol–water partition coefficient (Wildman–Crippen LogP) is 4.02. The highest BCUT2D eigenvalue weighted by molar-refractivity contribution is 7.22. The smallest absolute Gasteiger partial charge is 0.226 e. The summed E-state index contributed by atoms with van der Waals surface area (Å²) < 4.78 is 6.66. The van der Waals surface area contributed by atoms with Crippen LogP contribution in [0, 0.1) is 0 Å². The van der Waals surface area contributed by atoms with Gasteiger partial charge in [-0.15, -0.1) is 0 Å². The molecule has 0 aliphatic heterocycles. The molecule has 1 N–H and O–H groups in total. The van der Waals surface area contributed by atoms with E-state index < -0.39 is 0 Å². The lowest BCUT2D eigenvalue weighted by atomic mass is 10.2. The lowest BCUT2D eigenvalue weighted by Gasteiger charge is -1.99. The molecule has 0 bridgehead atoms. The van der Waals surface area contributed by atoms with E-state index in [1.807, 2.05) is 43.3 Å². The van der Waals surface area contributed by atoms with E-state index >= 15 is 0 Å². The van der Waals surface area contributed by atoms with Crippen LogP contribution in [0.2, 0.25) is 0 Å². The largest absolute Gasteiger partial charge is 0.466 e. The molecule has 0 saturated carbocycles. The first-order chi connectivity index (χ1) is 10.2. The number of carbonyl (C=O) groups excluding carboxylic acids is 1. The first kappa shape index (κ1) is 13.8. The number of amides is 1. The van der Waals surface area contributed by atoms with Gasteiger partial charge in [-0.1, -0.05) is 30.4 Å². The van der Waals surface area contributed by atoms with E-state index in [0.717, 1.165) is 28.2 Å². The second kappa shape index (κ2) is 6.10. The summed E-state index contributed by atoms with van der Waals surface area (Å²) in [6.45, 7) is 2.04. The molecule has 2 aromatic heterocycles. The molecule has 5 heteroatoms. The van der Waals surface area contributed by atoms with Gasteiger partial charge in [-0.2, -0.15) is 0 Å².